The quantitative estimate of drug-likeness (QED) is 0.683. The van der Waals surface area contributed by atoms with Gasteiger partial charge in [0.05, 0.1) is 26.9 Å². The van der Waals surface area contributed by atoms with E-state index in [1.807, 2.05) is 0 Å². The summed E-state index contributed by atoms with van der Waals surface area (Å²) in [4.78, 5) is 16.8. The Morgan fingerprint density at radius 2 is 1.85 bits per heavy atom. The molecule has 0 aliphatic heterocycles. The Morgan fingerprint density at radius 3 is 2.46 bits per heavy atom. The summed E-state index contributed by atoms with van der Waals surface area (Å²) in [7, 11) is -2.05. The first-order valence-electron chi connectivity index (χ1n) is 7.32. The van der Waals surface area contributed by atoms with Crippen LogP contribution in [0.1, 0.15) is 5.56 Å². The third-order valence-corrected chi connectivity index (χ3v) is 5.72. The molecule has 0 saturated carbocycles. The van der Waals surface area contributed by atoms with Gasteiger partial charge in [0.25, 0.3) is 5.56 Å². The predicted octanol–water partition coefficient (Wildman–Crippen LogP) is 2.45. The van der Waals surface area contributed by atoms with E-state index in [0.717, 1.165) is 0 Å². The molecule has 7 nitrogen and oxygen atoms in total. The monoisotopic (exact) mass is 413 g/mol. The molecule has 0 aliphatic carbocycles. The summed E-state index contributed by atoms with van der Waals surface area (Å²) in [5.74, 6) is -0.490. The molecule has 10 heteroatoms. The summed E-state index contributed by atoms with van der Waals surface area (Å²) in [6.07, 6.45) is 1.25. The summed E-state index contributed by atoms with van der Waals surface area (Å²) in [5, 5.41) is 10.1. The summed E-state index contributed by atoms with van der Waals surface area (Å²) < 4.78 is 26.7. The SMILES string of the molecule is CNS(=O)(=O)Cc1ccc(-n2cnc3c(O)c(Cl)cc(Cl)c3c2=O)cc1. The molecule has 1 heterocycles. The van der Waals surface area contributed by atoms with Gasteiger partial charge < -0.3 is 5.11 Å². The largest absolute Gasteiger partial charge is 0.504 e. The van der Waals surface area contributed by atoms with Gasteiger partial charge in [-0.25, -0.2) is 18.1 Å². The van der Waals surface area contributed by atoms with E-state index >= 15 is 0 Å². The number of nitrogens with zero attached hydrogens (tertiary/aromatic N) is 2. The molecule has 3 rings (SSSR count). The number of nitrogens with one attached hydrogen (secondary N) is 1. The fourth-order valence-corrected chi connectivity index (χ4v) is 3.75. The molecule has 136 valence electrons. The number of aromatic hydroxyl groups is 1. The number of phenols is 1. The van der Waals surface area contributed by atoms with Gasteiger partial charge in [0.1, 0.15) is 11.8 Å². The van der Waals surface area contributed by atoms with Crippen molar-refractivity contribution in [1.82, 2.24) is 14.3 Å². The Labute approximate surface area is 158 Å². The summed E-state index contributed by atoms with van der Waals surface area (Å²) in [6.45, 7) is 0. The second-order valence-electron chi connectivity index (χ2n) is 5.46. The van der Waals surface area contributed by atoms with Crippen LogP contribution in [0, 0.1) is 0 Å². The number of phenolic OH excluding ortho intramolecular Hbond substituents is 1. The summed E-state index contributed by atoms with van der Waals surface area (Å²) in [5.41, 5.74) is 0.566. The third kappa shape index (κ3) is 3.41. The van der Waals surface area contributed by atoms with E-state index in [1.165, 1.54) is 24.0 Å². The molecule has 0 spiro atoms. The Kier molecular flexibility index (Phi) is 4.94. The average molecular weight is 414 g/mol. The van der Waals surface area contributed by atoms with Crippen molar-refractivity contribution in [2.75, 3.05) is 7.05 Å². The second-order valence-corrected chi connectivity index (χ2v) is 8.20. The Bertz CT molecular complexity index is 1160. The van der Waals surface area contributed by atoms with Gasteiger partial charge in [-0.3, -0.25) is 9.36 Å². The van der Waals surface area contributed by atoms with Gasteiger partial charge in [0, 0.05) is 0 Å². The van der Waals surface area contributed by atoms with Gasteiger partial charge in [-0.1, -0.05) is 35.3 Å². The maximum absolute atomic E-state index is 12.8. The van der Waals surface area contributed by atoms with Gasteiger partial charge in [-0.05, 0) is 30.8 Å². The molecule has 0 amide bonds. The summed E-state index contributed by atoms with van der Waals surface area (Å²) in [6, 6.07) is 7.67. The van der Waals surface area contributed by atoms with Gasteiger partial charge in [-0.2, -0.15) is 0 Å². The van der Waals surface area contributed by atoms with Crippen LogP contribution in [0.3, 0.4) is 0 Å². The van der Waals surface area contributed by atoms with Crippen molar-refractivity contribution < 1.29 is 13.5 Å². The lowest BCUT2D eigenvalue weighted by Crippen LogP contribution is -2.21. The Morgan fingerprint density at radius 1 is 1.19 bits per heavy atom. The van der Waals surface area contributed by atoms with Crippen LogP contribution < -0.4 is 10.3 Å². The first-order chi connectivity index (χ1) is 12.2. The average Bonchev–Trinajstić information content (AvgIpc) is 2.60. The van der Waals surface area contributed by atoms with Crippen LogP contribution >= 0.6 is 23.2 Å². The molecule has 0 unspecified atom stereocenters. The van der Waals surface area contributed by atoms with Crippen LogP contribution in [0.25, 0.3) is 16.6 Å². The highest BCUT2D eigenvalue weighted by atomic mass is 35.5. The fraction of sp³-hybridized carbons (Fsp3) is 0.125. The van der Waals surface area contributed by atoms with Crippen LogP contribution in [0.2, 0.25) is 10.0 Å². The molecule has 0 bridgehead atoms. The first-order valence-corrected chi connectivity index (χ1v) is 9.73. The minimum Gasteiger partial charge on any atom is -0.504 e. The van der Waals surface area contributed by atoms with Crippen molar-refractivity contribution in [3.8, 4) is 11.4 Å². The third-order valence-electron chi connectivity index (χ3n) is 3.80. The second kappa shape index (κ2) is 6.88. The molecule has 0 aliphatic rings. The Hall–Kier alpha value is -2.13. The van der Waals surface area contributed by atoms with Crippen molar-refractivity contribution in [3.63, 3.8) is 0 Å². The molecular weight excluding hydrogens is 401 g/mol. The lowest BCUT2D eigenvalue weighted by molar-refractivity contribution is 0.480. The van der Waals surface area contributed by atoms with E-state index in [0.29, 0.717) is 11.3 Å². The highest BCUT2D eigenvalue weighted by Crippen LogP contribution is 2.34. The topological polar surface area (TPSA) is 101 Å². The normalized spacial score (nSPS) is 11.8. The van der Waals surface area contributed by atoms with E-state index in [2.05, 4.69) is 9.71 Å². The molecule has 0 radical (unpaired) electrons. The van der Waals surface area contributed by atoms with Gasteiger partial charge >= 0.3 is 0 Å². The molecule has 3 aromatic rings. The van der Waals surface area contributed by atoms with E-state index in [9.17, 15) is 18.3 Å². The van der Waals surface area contributed by atoms with Crippen LogP contribution in [0.5, 0.6) is 5.75 Å². The molecule has 2 N–H and O–H groups in total. The molecule has 2 aromatic carbocycles. The number of sulfonamides is 1. The zero-order valence-electron chi connectivity index (χ0n) is 13.4. The van der Waals surface area contributed by atoms with Crippen molar-refractivity contribution in [3.05, 3.63) is 62.6 Å². The van der Waals surface area contributed by atoms with E-state index in [1.54, 1.807) is 24.3 Å². The number of fused-ring (bicyclic) bond motifs is 1. The lowest BCUT2D eigenvalue weighted by atomic mass is 10.2. The number of aromatic nitrogens is 2. The minimum atomic E-state index is -3.39. The molecule has 1 aromatic heterocycles. The van der Waals surface area contributed by atoms with Gasteiger partial charge in [0.2, 0.25) is 10.0 Å². The first kappa shape index (κ1) is 18.7. The molecule has 0 saturated heterocycles. The van der Waals surface area contributed by atoms with Crippen molar-refractivity contribution in [2.24, 2.45) is 0 Å². The zero-order valence-corrected chi connectivity index (χ0v) is 15.7. The number of hydrogen-bond donors (Lipinski definition) is 2. The van der Waals surface area contributed by atoms with Gasteiger partial charge in [0.15, 0.2) is 5.75 Å². The highest BCUT2D eigenvalue weighted by molar-refractivity contribution is 7.88. The van der Waals surface area contributed by atoms with Crippen LogP contribution in [0.4, 0.5) is 0 Å². The van der Waals surface area contributed by atoms with Crippen molar-refractivity contribution in [1.29, 1.82) is 0 Å². The highest BCUT2D eigenvalue weighted by Gasteiger charge is 2.16. The minimum absolute atomic E-state index is 0.00208. The smallest absolute Gasteiger partial charge is 0.267 e. The molecule has 0 atom stereocenters. The van der Waals surface area contributed by atoms with Crippen molar-refractivity contribution >= 4 is 44.1 Å². The maximum atomic E-state index is 12.8. The number of hydrogen-bond acceptors (Lipinski definition) is 5. The summed E-state index contributed by atoms with van der Waals surface area (Å²) >= 11 is 11.9. The lowest BCUT2D eigenvalue weighted by Gasteiger charge is -2.10. The van der Waals surface area contributed by atoms with Crippen LogP contribution in [0.15, 0.2) is 41.5 Å². The van der Waals surface area contributed by atoms with Crippen LogP contribution in [-0.4, -0.2) is 30.1 Å². The standard InChI is InChI=1S/C16H13Cl2N3O4S/c1-19-26(24,25)7-9-2-4-10(5-3-9)21-8-20-14-13(16(21)23)11(17)6-12(18)15(14)22/h2-6,8,19,22H,7H2,1H3. The molecule has 0 fully saturated rings. The fourth-order valence-electron chi connectivity index (χ4n) is 2.44. The van der Waals surface area contributed by atoms with E-state index in [4.69, 9.17) is 23.2 Å². The predicted molar refractivity (Wildman–Crippen MR) is 101 cm³/mol. The zero-order chi connectivity index (χ0) is 19.1. The van der Waals surface area contributed by atoms with E-state index in [-0.39, 0.29) is 32.5 Å². The Balaban J connectivity index is 2.09. The molecule has 26 heavy (non-hydrogen) atoms. The van der Waals surface area contributed by atoms with Crippen molar-refractivity contribution in [2.45, 2.75) is 5.75 Å². The van der Waals surface area contributed by atoms with Crippen LogP contribution in [-0.2, 0) is 15.8 Å². The number of benzene rings is 2. The van der Waals surface area contributed by atoms with Gasteiger partial charge in [-0.15, -0.1) is 0 Å². The number of halogens is 2. The number of rotatable bonds is 4. The van der Waals surface area contributed by atoms with E-state index < -0.39 is 15.6 Å². The maximum Gasteiger partial charge on any atom is 0.267 e. The molecular formula is C16H13Cl2N3O4S.